The molecule has 2 aromatic heterocycles. The molecule has 1 aromatic carbocycles. The normalized spacial score (nSPS) is 22.0. The summed E-state index contributed by atoms with van der Waals surface area (Å²) in [4.78, 5) is 4.58. The molecule has 1 aliphatic heterocycles. The Morgan fingerprint density at radius 2 is 2.08 bits per heavy atom. The molecular weight excluding hydrogens is 298 g/mol. The molecule has 0 bridgehead atoms. The molecule has 3 aromatic rings. The van der Waals surface area contributed by atoms with Gasteiger partial charge in [0.1, 0.15) is 5.69 Å². The Morgan fingerprint density at radius 3 is 2.96 bits per heavy atom. The van der Waals surface area contributed by atoms with Crippen molar-refractivity contribution in [2.75, 3.05) is 11.1 Å². The maximum Gasteiger partial charge on any atom is 0.238 e. The minimum atomic E-state index is 0.259. The van der Waals surface area contributed by atoms with E-state index in [1.165, 1.54) is 12.0 Å². The standard InChI is InChI=1S/C19H19N5/c20-19-22-17-13-8-4-5-9-15(13)21-16(12-6-2-1-3-7-12)14-10-11-24(23-19)18(14)17/h1-2,4-5,8-12,16,21H,3,6-7H2,(H2,20,23). The number of nitrogens with one attached hydrogen (secondary N) is 1. The van der Waals surface area contributed by atoms with Gasteiger partial charge in [-0.25, -0.2) is 9.50 Å². The van der Waals surface area contributed by atoms with Crippen LogP contribution in [0.2, 0.25) is 0 Å². The number of nitrogens with zero attached hydrogens (tertiary/aromatic N) is 3. The molecule has 3 N–H and O–H groups in total. The van der Waals surface area contributed by atoms with Crippen molar-refractivity contribution in [3.8, 4) is 11.3 Å². The number of hydrogen-bond acceptors (Lipinski definition) is 4. The first-order chi connectivity index (χ1) is 11.8. The van der Waals surface area contributed by atoms with E-state index in [4.69, 9.17) is 5.73 Å². The molecule has 0 radical (unpaired) electrons. The molecule has 5 nitrogen and oxygen atoms in total. The molecule has 24 heavy (non-hydrogen) atoms. The predicted octanol–water partition coefficient (Wildman–Crippen LogP) is 3.80. The third kappa shape index (κ3) is 1.94. The van der Waals surface area contributed by atoms with Gasteiger partial charge in [-0.3, -0.25) is 0 Å². The predicted molar refractivity (Wildman–Crippen MR) is 95.7 cm³/mol. The Kier molecular flexibility index (Phi) is 2.89. The smallest absolute Gasteiger partial charge is 0.238 e. The van der Waals surface area contributed by atoms with Crippen molar-refractivity contribution in [2.24, 2.45) is 5.92 Å². The van der Waals surface area contributed by atoms with E-state index in [2.05, 4.69) is 51.8 Å². The van der Waals surface area contributed by atoms with E-state index in [0.29, 0.717) is 11.9 Å². The van der Waals surface area contributed by atoms with E-state index in [0.717, 1.165) is 35.3 Å². The molecule has 0 amide bonds. The number of anilines is 2. The summed E-state index contributed by atoms with van der Waals surface area (Å²) in [6.45, 7) is 0. The highest BCUT2D eigenvalue weighted by atomic mass is 15.3. The zero-order valence-corrected chi connectivity index (χ0v) is 13.3. The van der Waals surface area contributed by atoms with Crippen molar-refractivity contribution in [1.29, 1.82) is 0 Å². The summed E-state index contributed by atoms with van der Waals surface area (Å²) in [5.74, 6) is 0.867. The van der Waals surface area contributed by atoms with Crippen LogP contribution in [0.4, 0.5) is 11.6 Å². The highest BCUT2D eigenvalue weighted by Gasteiger charge is 2.31. The summed E-state index contributed by atoms with van der Waals surface area (Å²) in [6.07, 6.45) is 10.0. The molecular formula is C19H19N5. The molecule has 2 atom stereocenters. The van der Waals surface area contributed by atoms with Gasteiger partial charge in [0, 0.05) is 23.0 Å². The molecule has 0 saturated heterocycles. The zero-order chi connectivity index (χ0) is 16.1. The Morgan fingerprint density at radius 1 is 1.17 bits per heavy atom. The van der Waals surface area contributed by atoms with Crippen LogP contribution in [0.15, 0.2) is 48.7 Å². The van der Waals surface area contributed by atoms with Gasteiger partial charge in [-0.15, -0.1) is 5.10 Å². The molecule has 0 saturated carbocycles. The highest BCUT2D eigenvalue weighted by Crippen LogP contribution is 2.44. The van der Waals surface area contributed by atoms with E-state index in [1.54, 1.807) is 0 Å². The largest absolute Gasteiger partial charge is 0.377 e. The number of rotatable bonds is 1. The van der Waals surface area contributed by atoms with E-state index in [1.807, 2.05) is 16.8 Å². The molecule has 120 valence electrons. The fourth-order valence-corrected chi connectivity index (χ4v) is 4.06. The Hall–Kier alpha value is -2.82. The van der Waals surface area contributed by atoms with Crippen LogP contribution in [0.3, 0.4) is 0 Å². The molecule has 2 aliphatic rings. The number of benzene rings is 1. The zero-order valence-electron chi connectivity index (χ0n) is 13.3. The van der Waals surface area contributed by atoms with Gasteiger partial charge in [0.15, 0.2) is 0 Å². The minimum absolute atomic E-state index is 0.259. The summed E-state index contributed by atoms with van der Waals surface area (Å²) >= 11 is 0. The Labute approximate surface area is 140 Å². The number of allylic oxidation sites excluding steroid dienone is 2. The van der Waals surface area contributed by atoms with Gasteiger partial charge in [0.05, 0.1) is 11.6 Å². The molecule has 0 spiro atoms. The lowest BCUT2D eigenvalue weighted by Crippen LogP contribution is -2.21. The third-order valence-corrected chi connectivity index (χ3v) is 5.17. The van der Waals surface area contributed by atoms with Crippen LogP contribution in [-0.2, 0) is 0 Å². The average Bonchev–Trinajstić information content (AvgIpc) is 2.97. The SMILES string of the molecule is Nc1nc2c3c(ccn3n1)C(C1CC=CCC1)Nc1ccccc1-2. The number of aromatic nitrogens is 3. The molecule has 5 heteroatoms. The number of hydrogen-bond donors (Lipinski definition) is 2. The van der Waals surface area contributed by atoms with Crippen LogP contribution >= 0.6 is 0 Å². The van der Waals surface area contributed by atoms with Crippen LogP contribution in [0.1, 0.15) is 30.9 Å². The summed E-state index contributed by atoms with van der Waals surface area (Å²) < 4.78 is 1.88. The van der Waals surface area contributed by atoms with Crippen LogP contribution < -0.4 is 11.1 Å². The second-order valence-corrected chi connectivity index (χ2v) is 6.59. The topological polar surface area (TPSA) is 68.2 Å². The van der Waals surface area contributed by atoms with Gasteiger partial charge in [-0.05, 0) is 37.3 Å². The number of fused-ring (bicyclic) bond motifs is 2. The lowest BCUT2D eigenvalue weighted by Gasteiger charge is -2.29. The maximum absolute atomic E-state index is 5.95. The quantitative estimate of drug-likeness (QED) is 0.670. The molecule has 3 heterocycles. The first-order valence-electron chi connectivity index (χ1n) is 8.47. The van der Waals surface area contributed by atoms with Crippen molar-refractivity contribution in [3.05, 3.63) is 54.2 Å². The van der Waals surface area contributed by atoms with Gasteiger partial charge in [0.2, 0.25) is 5.95 Å². The van der Waals surface area contributed by atoms with Gasteiger partial charge in [-0.1, -0.05) is 30.4 Å². The first kappa shape index (κ1) is 13.6. The van der Waals surface area contributed by atoms with Gasteiger partial charge >= 0.3 is 0 Å². The van der Waals surface area contributed by atoms with Crippen molar-refractivity contribution in [1.82, 2.24) is 14.6 Å². The number of nitrogen functional groups attached to an aromatic ring is 1. The Balaban J connectivity index is 1.79. The summed E-state index contributed by atoms with van der Waals surface area (Å²) in [5, 5.41) is 8.16. The number of para-hydroxylation sites is 1. The number of nitrogens with two attached hydrogens (primary N) is 1. The summed E-state index contributed by atoms with van der Waals surface area (Å²) in [6, 6.07) is 10.8. The van der Waals surface area contributed by atoms with Crippen LogP contribution in [0.5, 0.6) is 0 Å². The van der Waals surface area contributed by atoms with Gasteiger partial charge in [0.25, 0.3) is 0 Å². The van der Waals surface area contributed by atoms with Crippen LogP contribution in [0.25, 0.3) is 16.8 Å². The van der Waals surface area contributed by atoms with Crippen molar-refractivity contribution >= 4 is 17.2 Å². The third-order valence-electron chi connectivity index (χ3n) is 5.17. The average molecular weight is 317 g/mol. The summed E-state index contributed by atoms with van der Waals surface area (Å²) in [5.41, 5.74) is 11.4. The maximum atomic E-state index is 5.95. The van der Waals surface area contributed by atoms with E-state index >= 15 is 0 Å². The molecule has 0 fully saturated rings. The first-order valence-corrected chi connectivity index (χ1v) is 8.47. The monoisotopic (exact) mass is 317 g/mol. The van der Waals surface area contributed by atoms with E-state index in [-0.39, 0.29) is 6.04 Å². The van der Waals surface area contributed by atoms with Crippen LogP contribution in [-0.4, -0.2) is 14.6 Å². The highest BCUT2D eigenvalue weighted by molar-refractivity contribution is 5.89. The van der Waals surface area contributed by atoms with Crippen LogP contribution in [0, 0.1) is 5.92 Å². The van der Waals surface area contributed by atoms with Crippen molar-refractivity contribution in [2.45, 2.75) is 25.3 Å². The minimum Gasteiger partial charge on any atom is -0.377 e. The fourth-order valence-electron chi connectivity index (χ4n) is 4.06. The summed E-state index contributed by atoms with van der Waals surface area (Å²) in [7, 11) is 0. The van der Waals surface area contributed by atoms with Gasteiger partial charge < -0.3 is 11.1 Å². The van der Waals surface area contributed by atoms with Crippen molar-refractivity contribution in [3.63, 3.8) is 0 Å². The molecule has 1 aliphatic carbocycles. The molecule has 5 rings (SSSR count). The van der Waals surface area contributed by atoms with E-state index < -0.39 is 0 Å². The van der Waals surface area contributed by atoms with E-state index in [9.17, 15) is 0 Å². The van der Waals surface area contributed by atoms with Gasteiger partial charge in [-0.2, -0.15) is 0 Å². The van der Waals surface area contributed by atoms with Crippen molar-refractivity contribution < 1.29 is 0 Å². The Bertz CT molecular complexity index is 956. The lowest BCUT2D eigenvalue weighted by atomic mass is 9.84. The second kappa shape index (κ2) is 5.09. The molecule has 2 unspecified atom stereocenters. The fraction of sp³-hybridized carbons (Fsp3) is 0.263. The lowest BCUT2D eigenvalue weighted by molar-refractivity contribution is 0.420. The second-order valence-electron chi connectivity index (χ2n) is 6.59.